The molecular formula is C14H21BrN2O3. The highest BCUT2D eigenvalue weighted by molar-refractivity contribution is 9.10. The number of nitrogens with one attached hydrogen (secondary N) is 1. The first-order chi connectivity index (χ1) is 9.49. The van der Waals surface area contributed by atoms with Gasteiger partial charge in [0, 0.05) is 16.8 Å². The molecule has 6 heteroatoms. The summed E-state index contributed by atoms with van der Waals surface area (Å²) in [5.74, 6) is 0.292. The lowest BCUT2D eigenvalue weighted by atomic mass is 10.2. The molecule has 1 aromatic carbocycles. The Morgan fingerprint density at radius 1 is 1.35 bits per heavy atom. The molecule has 5 nitrogen and oxygen atoms in total. The van der Waals surface area contributed by atoms with Gasteiger partial charge in [-0.1, -0.05) is 13.8 Å². The second kappa shape index (κ2) is 8.94. The summed E-state index contributed by atoms with van der Waals surface area (Å²) in [6.45, 7) is 5.77. The van der Waals surface area contributed by atoms with Gasteiger partial charge in [-0.05, 0) is 40.0 Å². The van der Waals surface area contributed by atoms with Crippen molar-refractivity contribution >= 4 is 33.2 Å². The number of ether oxygens (including phenoxy) is 2. The third-order valence-electron chi connectivity index (χ3n) is 2.32. The van der Waals surface area contributed by atoms with Gasteiger partial charge >= 0.3 is 0 Å². The maximum absolute atomic E-state index is 11.7. The highest BCUT2D eigenvalue weighted by Crippen LogP contribution is 2.24. The van der Waals surface area contributed by atoms with Crippen molar-refractivity contribution in [1.29, 1.82) is 0 Å². The molecule has 0 radical (unpaired) electrons. The summed E-state index contributed by atoms with van der Waals surface area (Å²) < 4.78 is 11.3. The minimum atomic E-state index is -0.209. The van der Waals surface area contributed by atoms with Crippen LogP contribution in [0, 0.1) is 5.92 Å². The molecule has 0 fully saturated rings. The van der Waals surface area contributed by atoms with Gasteiger partial charge in [0.05, 0.1) is 18.9 Å². The van der Waals surface area contributed by atoms with Gasteiger partial charge < -0.3 is 20.5 Å². The first-order valence-electron chi connectivity index (χ1n) is 6.49. The van der Waals surface area contributed by atoms with Crippen molar-refractivity contribution in [3.63, 3.8) is 0 Å². The molecule has 112 valence electrons. The lowest BCUT2D eigenvalue weighted by molar-refractivity contribution is -0.121. The zero-order chi connectivity index (χ0) is 15.0. The van der Waals surface area contributed by atoms with E-state index in [4.69, 9.17) is 15.2 Å². The van der Waals surface area contributed by atoms with E-state index in [1.807, 2.05) is 0 Å². The smallest absolute Gasteiger partial charge is 0.250 e. The summed E-state index contributed by atoms with van der Waals surface area (Å²) in [5.41, 5.74) is 6.93. The lowest BCUT2D eigenvalue weighted by Gasteiger charge is -2.09. The van der Waals surface area contributed by atoms with E-state index < -0.39 is 0 Å². The maximum Gasteiger partial charge on any atom is 0.250 e. The van der Waals surface area contributed by atoms with E-state index in [0.717, 1.165) is 4.47 Å². The molecule has 20 heavy (non-hydrogen) atoms. The van der Waals surface area contributed by atoms with Crippen LogP contribution in [0.25, 0.3) is 0 Å². The Balaban J connectivity index is 2.20. The van der Waals surface area contributed by atoms with Crippen LogP contribution < -0.4 is 11.1 Å². The van der Waals surface area contributed by atoms with Crippen molar-refractivity contribution < 1.29 is 14.3 Å². The van der Waals surface area contributed by atoms with Crippen molar-refractivity contribution in [3.8, 4) is 0 Å². The second-order valence-corrected chi connectivity index (χ2v) is 5.66. The van der Waals surface area contributed by atoms with Crippen molar-refractivity contribution in [3.05, 3.63) is 22.7 Å². The number of hydrogen-bond acceptors (Lipinski definition) is 4. The standard InChI is InChI=1S/C14H21BrN2O3/c1-10(2)8-19-5-6-20-9-14(18)17-13-4-3-11(16)7-12(13)15/h3-4,7,10H,5-6,8-9,16H2,1-2H3,(H,17,18). The summed E-state index contributed by atoms with van der Waals surface area (Å²) >= 11 is 3.34. The summed E-state index contributed by atoms with van der Waals surface area (Å²) in [6, 6.07) is 5.19. The van der Waals surface area contributed by atoms with Gasteiger partial charge in [0.2, 0.25) is 5.91 Å². The SMILES string of the molecule is CC(C)COCCOCC(=O)Nc1ccc(N)cc1Br. The Morgan fingerprint density at radius 2 is 2.05 bits per heavy atom. The summed E-state index contributed by atoms with van der Waals surface area (Å²) in [4.78, 5) is 11.7. The Morgan fingerprint density at radius 3 is 2.70 bits per heavy atom. The van der Waals surface area contributed by atoms with Crippen LogP contribution in [0.4, 0.5) is 11.4 Å². The highest BCUT2D eigenvalue weighted by Gasteiger charge is 2.06. The van der Waals surface area contributed by atoms with Crippen LogP contribution in [-0.4, -0.2) is 32.3 Å². The molecule has 0 aliphatic heterocycles. The fourth-order valence-corrected chi connectivity index (χ4v) is 1.92. The number of hydrogen-bond donors (Lipinski definition) is 2. The topological polar surface area (TPSA) is 73.6 Å². The largest absolute Gasteiger partial charge is 0.399 e. The summed E-state index contributed by atoms with van der Waals surface area (Å²) in [7, 11) is 0. The average Bonchev–Trinajstić information content (AvgIpc) is 2.36. The number of nitrogen functional groups attached to an aromatic ring is 1. The van der Waals surface area contributed by atoms with Crippen LogP contribution in [0.5, 0.6) is 0 Å². The minimum Gasteiger partial charge on any atom is -0.399 e. The first-order valence-corrected chi connectivity index (χ1v) is 7.28. The third kappa shape index (κ3) is 6.88. The van der Waals surface area contributed by atoms with E-state index in [2.05, 4.69) is 35.1 Å². The maximum atomic E-state index is 11.7. The Kier molecular flexibility index (Phi) is 7.58. The predicted molar refractivity (Wildman–Crippen MR) is 83.7 cm³/mol. The Labute approximate surface area is 127 Å². The number of halogens is 1. The minimum absolute atomic E-state index is 0.00184. The van der Waals surface area contributed by atoms with Crippen LogP contribution in [0.2, 0.25) is 0 Å². The van der Waals surface area contributed by atoms with E-state index >= 15 is 0 Å². The van der Waals surface area contributed by atoms with E-state index in [1.165, 1.54) is 0 Å². The Hall–Kier alpha value is -1.11. The van der Waals surface area contributed by atoms with Gasteiger partial charge in [0.1, 0.15) is 6.61 Å². The van der Waals surface area contributed by atoms with Crippen molar-refractivity contribution in [2.24, 2.45) is 5.92 Å². The predicted octanol–water partition coefficient (Wildman–Crippen LogP) is 2.66. The molecule has 0 aliphatic rings. The number of rotatable bonds is 8. The molecule has 1 amide bonds. The third-order valence-corrected chi connectivity index (χ3v) is 2.98. The van der Waals surface area contributed by atoms with Gasteiger partial charge in [-0.15, -0.1) is 0 Å². The zero-order valence-corrected chi connectivity index (χ0v) is 13.4. The molecule has 1 rings (SSSR count). The van der Waals surface area contributed by atoms with Gasteiger partial charge in [-0.25, -0.2) is 0 Å². The molecule has 0 saturated heterocycles. The van der Waals surface area contributed by atoms with E-state index in [0.29, 0.717) is 37.1 Å². The van der Waals surface area contributed by atoms with Crippen LogP contribution in [0.3, 0.4) is 0 Å². The number of benzene rings is 1. The molecule has 0 aromatic heterocycles. The van der Waals surface area contributed by atoms with Gasteiger partial charge in [0.25, 0.3) is 0 Å². The van der Waals surface area contributed by atoms with E-state index in [1.54, 1.807) is 18.2 Å². The molecule has 0 aliphatic carbocycles. The number of amides is 1. The summed E-state index contributed by atoms with van der Waals surface area (Å²) in [5, 5.41) is 2.74. The fraction of sp³-hybridized carbons (Fsp3) is 0.500. The number of carbonyl (C=O) groups is 1. The number of nitrogens with two attached hydrogens (primary N) is 1. The second-order valence-electron chi connectivity index (χ2n) is 4.81. The molecule has 3 N–H and O–H groups in total. The average molecular weight is 345 g/mol. The summed E-state index contributed by atoms with van der Waals surface area (Å²) in [6.07, 6.45) is 0. The molecule has 1 aromatic rings. The first kappa shape index (κ1) is 16.9. The van der Waals surface area contributed by atoms with Crippen LogP contribution in [0.15, 0.2) is 22.7 Å². The molecular weight excluding hydrogens is 324 g/mol. The van der Waals surface area contributed by atoms with E-state index in [9.17, 15) is 4.79 Å². The van der Waals surface area contributed by atoms with Crippen molar-refractivity contribution in [2.75, 3.05) is 37.5 Å². The van der Waals surface area contributed by atoms with Gasteiger partial charge in [-0.2, -0.15) is 0 Å². The highest BCUT2D eigenvalue weighted by atomic mass is 79.9. The molecule has 0 atom stereocenters. The fourth-order valence-electron chi connectivity index (χ4n) is 1.42. The molecule has 0 bridgehead atoms. The zero-order valence-electron chi connectivity index (χ0n) is 11.8. The van der Waals surface area contributed by atoms with Crippen molar-refractivity contribution in [1.82, 2.24) is 0 Å². The molecule has 0 heterocycles. The molecule has 0 saturated carbocycles. The van der Waals surface area contributed by atoms with E-state index in [-0.39, 0.29) is 12.5 Å². The molecule has 0 unspecified atom stereocenters. The number of anilines is 2. The quantitative estimate of drug-likeness (QED) is 0.561. The molecule has 0 spiro atoms. The lowest BCUT2D eigenvalue weighted by Crippen LogP contribution is -2.20. The van der Waals surface area contributed by atoms with Crippen LogP contribution >= 0.6 is 15.9 Å². The number of carbonyl (C=O) groups excluding carboxylic acids is 1. The Bertz CT molecular complexity index is 438. The monoisotopic (exact) mass is 344 g/mol. The van der Waals surface area contributed by atoms with Crippen LogP contribution in [0.1, 0.15) is 13.8 Å². The van der Waals surface area contributed by atoms with Gasteiger partial charge in [0.15, 0.2) is 0 Å². The van der Waals surface area contributed by atoms with Crippen molar-refractivity contribution in [2.45, 2.75) is 13.8 Å². The normalized spacial score (nSPS) is 10.8. The van der Waals surface area contributed by atoms with Gasteiger partial charge in [-0.3, -0.25) is 4.79 Å². The van der Waals surface area contributed by atoms with Crippen LogP contribution in [-0.2, 0) is 14.3 Å².